The molecule has 0 aliphatic carbocycles. The maximum absolute atomic E-state index is 5.95. The number of ether oxygens (including phenoxy) is 1. The number of fused-ring (bicyclic) bond motifs is 1. The minimum atomic E-state index is 0.353. The Bertz CT molecular complexity index is 741. The number of nitrogens with zero attached hydrogens (tertiary/aromatic N) is 4. The van der Waals surface area contributed by atoms with E-state index in [-0.39, 0.29) is 0 Å². The standard InChI is InChI=1S/C14H13ClN4O/c1-10-3-2-4-11(9-10)20-8-5-12-17-18-14-13(15)16-6-7-19(12)14/h2-4,6-7,9H,5,8H2,1H3. The van der Waals surface area contributed by atoms with E-state index in [0.29, 0.717) is 23.8 Å². The second-order valence-electron chi connectivity index (χ2n) is 4.44. The van der Waals surface area contributed by atoms with Crippen molar-refractivity contribution in [3.63, 3.8) is 0 Å². The SMILES string of the molecule is Cc1cccc(OCCc2nnc3c(Cl)nccn23)c1. The van der Waals surface area contributed by atoms with Crippen LogP contribution < -0.4 is 4.74 Å². The average molecular weight is 289 g/mol. The summed E-state index contributed by atoms with van der Waals surface area (Å²) in [4.78, 5) is 3.97. The molecule has 20 heavy (non-hydrogen) atoms. The van der Waals surface area contributed by atoms with E-state index in [1.807, 2.05) is 35.6 Å². The Balaban J connectivity index is 1.70. The zero-order valence-corrected chi connectivity index (χ0v) is 11.7. The van der Waals surface area contributed by atoms with Crippen molar-refractivity contribution in [3.05, 3.63) is 53.2 Å². The summed E-state index contributed by atoms with van der Waals surface area (Å²) in [5.74, 6) is 1.66. The maximum Gasteiger partial charge on any atom is 0.198 e. The fourth-order valence-corrected chi connectivity index (χ4v) is 2.17. The molecule has 0 aliphatic rings. The summed E-state index contributed by atoms with van der Waals surface area (Å²) < 4.78 is 7.54. The number of benzene rings is 1. The highest BCUT2D eigenvalue weighted by Crippen LogP contribution is 2.14. The first kappa shape index (κ1) is 12.9. The molecule has 3 aromatic rings. The second-order valence-corrected chi connectivity index (χ2v) is 4.80. The van der Waals surface area contributed by atoms with Gasteiger partial charge in [0.25, 0.3) is 0 Å². The lowest BCUT2D eigenvalue weighted by atomic mass is 10.2. The van der Waals surface area contributed by atoms with Crippen molar-refractivity contribution in [2.24, 2.45) is 0 Å². The van der Waals surface area contributed by atoms with E-state index < -0.39 is 0 Å². The number of hydrogen-bond donors (Lipinski definition) is 0. The normalized spacial score (nSPS) is 10.9. The highest BCUT2D eigenvalue weighted by atomic mass is 35.5. The second kappa shape index (κ2) is 5.46. The lowest BCUT2D eigenvalue weighted by Crippen LogP contribution is -2.05. The summed E-state index contributed by atoms with van der Waals surface area (Å²) in [5, 5.41) is 8.49. The third kappa shape index (κ3) is 2.58. The van der Waals surface area contributed by atoms with Crippen molar-refractivity contribution >= 4 is 17.2 Å². The summed E-state index contributed by atoms with van der Waals surface area (Å²) in [6.07, 6.45) is 4.07. The third-order valence-electron chi connectivity index (χ3n) is 2.94. The Morgan fingerprint density at radius 3 is 3.05 bits per heavy atom. The molecule has 0 radical (unpaired) electrons. The molecule has 102 valence electrons. The monoisotopic (exact) mass is 288 g/mol. The molecule has 1 aromatic carbocycles. The quantitative estimate of drug-likeness (QED) is 0.741. The molecule has 0 saturated heterocycles. The Labute approximate surface area is 121 Å². The van der Waals surface area contributed by atoms with E-state index in [4.69, 9.17) is 16.3 Å². The smallest absolute Gasteiger partial charge is 0.198 e. The van der Waals surface area contributed by atoms with Crippen molar-refractivity contribution < 1.29 is 4.74 Å². The highest BCUT2D eigenvalue weighted by Gasteiger charge is 2.08. The predicted octanol–water partition coefficient (Wildman–Crippen LogP) is 2.71. The minimum Gasteiger partial charge on any atom is -0.493 e. The molecule has 0 bridgehead atoms. The van der Waals surface area contributed by atoms with E-state index in [9.17, 15) is 0 Å². The number of hydrogen-bond acceptors (Lipinski definition) is 4. The first-order valence-electron chi connectivity index (χ1n) is 6.27. The molecular formula is C14H13ClN4O. The van der Waals surface area contributed by atoms with Crippen molar-refractivity contribution in [3.8, 4) is 5.75 Å². The van der Waals surface area contributed by atoms with Gasteiger partial charge in [-0.15, -0.1) is 10.2 Å². The predicted molar refractivity (Wildman–Crippen MR) is 76.2 cm³/mol. The summed E-state index contributed by atoms with van der Waals surface area (Å²) >= 11 is 5.95. The molecule has 0 spiro atoms. The average Bonchev–Trinajstić information content (AvgIpc) is 2.84. The molecule has 0 N–H and O–H groups in total. The topological polar surface area (TPSA) is 52.3 Å². The molecule has 2 aromatic heterocycles. The molecule has 2 heterocycles. The zero-order chi connectivity index (χ0) is 13.9. The van der Waals surface area contributed by atoms with E-state index in [1.54, 1.807) is 12.4 Å². The van der Waals surface area contributed by atoms with Gasteiger partial charge in [0.05, 0.1) is 6.61 Å². The van der Waals surface area contributed by atoms with Crippen LogP contribution in [0.4, 0.5) is 0 Å². The van der Waals surface area contributed by atoms with Crippen LogP contribution in [0.15, 0.2) is 36.7 Å². The molecule has 0 saturated carbocycles. The largest absolute Gasteiger partial charge is 0.493 e. The van der Waals surface area contributed by atoms with Crippen LogP contribution in [0.5, 0.6) is 5.75 Å². The van der Waals surface area contributed by atoms with Gasteiger partial charge in [-0.3, -0.25) is 4.40 Å². The van der Waals surface area contributed by atoms with Crippen LogP contribution in [0, 0.1) is 6.92 Å². The molecule has 0 fully saturated rings. The molecular weight excluding hydrogens is 276 g/mol. The summed E-state index contributed by atoms with van der Waals surface area (Å²) in [6.45, 7) is 2.57. The van der Waals surface area contributed by atoms with Crippen LogP contribution in [0.2, 0.25) is 5.15 Å². The number of aryl methyl sites for hydroxylation is 1. The van der Waals surface area contributed by atoms with Crippen LogP contribution in [0.3, 0.4) is 0 Å². The van der Waals surface area contributed by atoms with Gasteiger partial charge in [0, 0.05) is 18.8 Å². The van der Waals surface area contributed by atoms with Gasteiger partial charge in [-0.25, -0.2) is 4.98 Å². The van der Waals surface area contributed by atoms with E-state index in [2.05, 4.69) is 15.2 Å². The van der Waals surface area contributed by atoms with E-state index in [0.717, 1.165) is 11.6 Å². The number of halogens is 1. The highest BCUT2D eigenvalue weighted by molar-refractivity contribution is 6.32. The van der Waals surface area contributed by atoms with E-state index in [1.165, 1.54) is 5.56 Å². The molecule has 0 atom stereocenters. The van der Waals surface area contributed by atoms with Gasteiger partial charge >= 0.3 is 0 Å². The Hall–Kier alpha value is -2.14. The molecule has 3 rings (SSSR count). The zero-order valence-electron chi connectivity index (χ0n) is 11.0. The van der Waals surface area contributed by atoms with Crippen LogP contribution in [0.25, 0.3) is 5.65 Å². The Kier molecular flexibility index (Phi) is 3.52. The Morgan fingerprint density at radius 1 is 1.30 bits per heavy atom. The van der Waals surface area contributed by atoms with Crippen molar-refractivity contribution in [2.75, 3.05) is 6.61 Å². The van der Waals surface area contributed by atoms with Crippen molar-refractivity contribution in [1.82, 2.24) is 19.6 Å². The van der Waals surface area contributed by atoms with Gasteiger partial charge in [-0.05, 0) is 24.6 Å². The van der Waals surface area contributed by atoms with Gasteiger partial charge in [-0.2, -0.15) is 0 Å². The van der Waals surface area contributed by atoms with Crippen molar-refractivity contribution in [1.29, 1.82) is 0 Å². The molecule has 6 heteroatoms. The van der Waals surface area contributed by atoms with Gasteiger partial charge < -0.3 is 4.74 Å². The number of rotatable bonds is 4. The van der Waals surface area contributed by atoms with Gasteiger partial charge in [0.15, 0.2) is 10.8 Å². The van der Waals surface area contributed by atoms with Gasteiger partial charge in [0.1, 0.15) is 11.6 Å². The third-order valence-corrected chi connectivity index (χ3v) is 3.21. The van der Waals surface area contributed by atoms with Crippen LogP contribution in [0.1, 0.15) is 11.4 Å². The summed E-state index contributed by atoms with van der Waals surface area (Å²) in [7, 11) is 0. The summed E-state index contributed by atoms with van der Waals surface area (Å²) in [6, 6.07) is 7.95. The van der Waals surface area contributed by atoms with Crippen LogP contribution in [-0.4, -0.2) is 26.2 Å². The lowest BCUT2D eigenvalue weighted by molar-refractivity contribution is 0.318. The number of aromatic nitrogens is 4. The Morgan fingerprint density at radius 2 is 2.20 bits per heavy atom. The lowest BCUT2D eigenvalue weighted by Gasteiger charge is -2.06. The van der Waals surface area contributed by atoms with Gasteiger partial charge in [-0.1, -0.05) is 23.7 Å². The fourth-order valence-electron chi connectivity index (χ4n) is 1.98. The van der Waals surface area contributed by atoms with Gasteiger partial charge in [0.2, 0.25) is 0 Å². The fraction of sp³-hybridized carbons (Fsp3) is 0.214. The minimum absolute atomic E-state index is 0.353. The molecule has 0 amide bonds. The van der Waals surface area contributed by atoms with Crippen molar-refractivity contribution in [2.45, 2.75) is 13.3 Å². The molecule has 5 nitrogen and oxygen atoms in total. The van der Waals surface area contributed by atoms with Crippen LogP contribution >= 0.6 is 11.6 Å². The molecule has 0 aliphatic heterocycles. The van der Waals surface area contributed by atoms with Crippen LogP contribution in [-0.2, 0) is 6.42 Å². The maximum atomic E-state index is 5.95. The van der Waals surface area contributed by atoms with E-state index >= 15 is 0 Å². The molecule has 0 unspecified atom stereocenters. The summed E-state index contributed by atoms with van der Waals surface area (Å²) in [5.41, 5.74) is 1.74. The first-order valence-corrected chi connectivity index (χ1v) is 6.65. The first-order chi connectivity index (χ1) is 9.74.